The number of nitrogens with one attached hydrogen (secondary N) is 2. The predicted octanol–water partition coefficient (Wildman–Crippen LogP) is 3.24. The summed E-state index contributed by atoms with van der Waals surface area (Å²) in [4.78, 5) is 25.4. The Balaban J connectivity index is 1.47. The maximum absolute atomic E-state index is 12.2. The number of aromatic carboxylic acids is 1. The minimum Gasteiger partial charge on any atom is -0.478 e. The van der Waals surface area contributed by atoms with Crippen molar-refractivity contribution in [1.82, 2.24) is 15.5 Å². The normalized spacial score (nSPS) is 14.9. The summed E-state index contributed by atoms with van der Waals surface area (Å²) in [7, 11) is 2.12. The van der Waals surface area contributed by atoms with E-state index in [9.17, 15) is 9.59 Å². The maximum Gasteiger partial charge on any atom is 0.335 e. The lowest BCUT2D eigenvalue weighted by molar-refractivity contribution is 0.0340. The average Bonchev–Trinajstić information content (AvgIpc) is 2.66. The smallest absolute Gasteiger partial charge is 0.335 e. The van der Waals surface area contributed by atoms with E-state index < -0.39 is 5.97 Å². The molecule has 2 amide bonds. The number of nitrogens with zero attached hydrogens (tertiary/aromatic N) is 1. The van der Waals surface area contributed by atoms with Gasteiger partial charge in [-0.25, -0.2) is 9.59 Å². The van der Waals surface area contributed by atoms with Gasteiger partial charge in [0, 0.05) is 25.2 Å². The van der Waals surface area contributed by atoms with Crippen molar-refractivity contribution in [3.63, 3.8) is 0 Å². The molecule has 0 aliphatic heterocycles. The molecule has 3 N–H and O–H groups in total. The fourth-order valence-corrected chi connectivity index (χ4v) is 3.56. The molecule has 0 bridgehead atoms. The molecule has 0 saturated heterocycles. The lowest BCUT2D eigenvalue weighted by atomic mass is 9.75. The van der Waals surface area contributed by atoms with Gasteiger partial charge in [-0.3, -0.25) is 4.90 Å². The van der Waals surface area contributed by atoms with Gasteiger partial charge >= 0.3 is 12.0 Å². The summed E-state index contributed by atoms with van der Waals surface area (Å²) < 4.78 is 0. The molecule has 0 spiro atoms. The first-order valence-electron chi connectivity index (χ1n) is 9.58. The van der Waals surface area contributed by atoms with Gasteiger partial charge in [-0.15, -0.1) is 0 Å². The number of likely N-dealkylation sites (N-methyl/N-ethyl adjacent to an activating group) is 1. The summed E-state index contributed by atoms with van der Waals surface area (Å²) in [5.41, 5.74) is 2.38. The maximum atomic E-state index is 12.2. The summed E-state index contributed by atoms with van der Waals surface area (Å²) in [5, 5.41) is 14.8. The van der Waals surface area contributed by atoms with Crippen LogP contribution in [-0.2, 0) is 13.1 Å². The molecule has 1 aliphatic rings. The number of benzene rings is 2. The van der Waals surface area contributed by atoms with Crippen LogP contribution in [0.15, 0.2) is 54.6 Å². The molecule has 1 fully saturated rings. The van der Waals surface area contributed by atoms with Crippen molar-refractivity contribution in [3.8, 4) is 0 Å². The van der Waals surface area contributed by atoms with E-state index in [2.05, 4.69) is 34.7 Å². The van der Waals surface area contributed by atoms with Gasteiger partial charge in [0.15, 0.2) is 0 Å². The number of carboxylic acid groups (broad SMARTS) is 1. The van der Waals surface area contributed by atoms with Crippen LogP contribution >= 0.6 is 0 Å². The Morgan fingerprint density at radius 2 is 1.68 bits per heavy atom. The van der Waals surface area contributed by atoms with E-state index >= 15 is 0 Å². The Morgan fingerprint density at radius 3 is 2.25 bits per heavy atom. The van der Waals surface area contributed by atoms with E-state index in [4.69, 9.17) is 5.11 Å². The first-order chi connectivity index (χ1) is 13.5. The van der Waals surface area contributed by atoms with Gasteiger partial charge in [0.2, 0.25) is 0 Å². The van der Waals surface area contributed by atoms with E-state index in [1.807, 2.05) is 18.2 Å². The topological polar surface area (TPSA) is 81.7 Å². The molecule has 148 valence electrons. The van der Waals surface area contributed by atoms with Gasteiger partial charge in [-0.2, -0.15) is 0 Å². The molecule has 6 heteroatoms. The molecule has 0 aromatic heterocycles. The molecular formula is C22H27N3O3. The summed E-state index contributed by atoms with van der Waals surface area (Å²) in [5.74, 6) is -0.956. The van der Waals surface area contributed by atoms with Crippen LogP contribution in [-0.4, -0.2) is 41.1 Å². The van der Waals surface area contributed by atoms with Gasteiger partial charge in [0.1, 0.15) is 0 Å². The Kier molecular flexibility index (Phi) is 6.31. The largest absolute Gasteiger partial charge is 0.478 e. The zero-order valence-corrected chi connectivity index (χ0v) is 16.1. The highest BCUT2D eigenvalue weighted by molar-refractivity contribution is 5.87. The Labute approximate surface area is 165 Å². The predicted molar refractivity (Wildman–Crippen MR) is 108 cm³/mol. The van der Waals surface area contributed by atoms with Crippen molar-refractivity contribution in [2.75, 3.05) is 13.6 Å². The molecule has 0 radical (unpaired) electrons. The van der Waals surface area contributed by atoms with Gasteiger partial charge < -0.3 is 15.7 Å². The Bertz CT molecular complexity index is 802. The van der Waals surface area contributed by atoms with Crippen molar-refractivity contribution in [3.05, 3.63) is 71.3 Å². The summed E-state index contributed by atoms with van der Waals surface area (Å²) in [6, 6.07) is 16.7. The van der Waals surface area contributed by atoms with Crippen LogP contribution in [0.4, 0.5) is 4.79 Å². The average molecular weight is 381 g/mol. The molecule has 0 unspecified atom stereocenters. The van der Waals surface area contributed by atoms with E-state index in [1.165, 1.54) is 12.0 Å². The third kappa shape index (κ3) is 4.89. The van der Waals surface area contributed by atoms with Crippen molar-refractivity contribution in [1.29, 1.82) is 0 Å². The number of carboxylic acids is 1. The van der Waals surface area contributed by atoms with Crippen LogP contribution in [0.1, 0.15) is 40.7 Å². The van der Waals surface area contributed by atoms with Crippen LogP contribution in [0, 0.1) is 0 Å². The second-order valence-electron chi connectivity index (χ2n) is 7.46. The Morgan fingerprint density at radius 1 is 1.00 bits per heavy atom. The third-order valence-electron chi connectivity index (χ3n) is 5.59. The zero-order chi connectivity index (χ0) is 20.0. The van der Waals surface area contributed by atoms with Gasteiger partial charge in [0.25, 0.3) is 0 Å². The first-order valence-corrected chi connectivity index (χ1v) is 9.58. The molecule has 3 rings (SSSR count). The highest BCUT2D eigenvalue weighted by atomic mass is 16.4. The standard InChI is InChI=1S/C22H27N3O3/c1-25(15-18-6-3-2-4-7-18)22(12-5-13-22)16-24-21(28)23-14-17-8-10-19(11-9-17)20(26)27/h2-4,6-11H,5,12-16H2,1H3,(H,26,27)(H2,23,24,28). The van der Waals surface area contributed by atoms with Crippen LogP contribution in [0.5, 0.6) is 0 Å². The molecular weight excluding hydrogens is 354 g/mol. The lowest BCUT2D eigenvalue weighted by Crippen LogP contribution is -2.59. The number of carbonyl (C=O) groups excluding carboxylic acids is 1. The number of carbonyl (C=O) groups is 2. The van der Waals surface area contributed by atoms with E-state index in [0.29, 0.717) is 13.1 Å². The van der Waals surface area contributed by atoms with Crippen molar-refractivity contribution >= 4 is 12.0 Å². The van der Waals surface area contributed by atoms with Crippen LogP contribution in [0.3, 0.4) is 0 Å². The quantitative estimate of drug-likeness (QED) is 0.656. The van der Waals surface area contributed by atoms with Gasteiger partial charge in [-0.1, -0.05) is 42.5 Å². The second kappa shape index (κ2) is 8.89. The van der Waals surface area contributed by atoms with Gasteiger partial charge in [0.05, 0.1) is 5.56 Å². The summed E-state index contributed by atoms with van der Waals surface area (Å²) >= 11 is 0. The van der Waals surface area contributed by atoms with Crippen LogP contribution in [0.25, 0.3) is 0 Å². The monoisotopic (exact) mass is 381 g/mol. The minimum atomic E-state index is -0.956. The molecule has 28 heavy (non-hydrogen) atoms. The lowest BCUT2D eigenvalue weighted by Gasteiger charge is -2.49. The fraction of sp³-hybridized carbons (Fsp3) is 0.364. The minimum absolute atomic E-state index is 0.0102. The summed E-state index contributed by atoms with van der Waals surface area (Å²) in [6.07, 6.45) is 3.33. The third-order valence-corrected chi connectivity index (χ3v) is 5.59. The first kappa shape index (κ1) is 19.9. The molecule has 0 heterocycles. The number of hydrogen-bond donors (Lipinski definition) is 3. The molecule has 2 aromatic rings. The second-order valence-corrected chi connectivity index (χ2v) is 7.46. The number of rotatable bonds is 8. The SMILES string of the molecule is CN(Cc1ccccc1)C1(CNC(=O)NCc2ccc(C(=O)O)cc2)CCC1. The van der Waals surface area contributed by atoms with E-state index in [0.717, 1.165) is 24.9 Å². The molecule has 6 nitrogen and oxygen atoms in total. The van der Waals surface area contributed by atoms with Crippen LogP contribution in [0.2, 0.25) is 0 Å². The Hall–Kier alpha value is -2.86. The van der Waals surface area contributed by atoms with Crippen molar-refractivity contribution in [2.24, 2.45) is 0 Å². The van der Waals surface area contributed by atoms with E-state index in [-0.39, 0.29) is 17.1 Å². The summed E-state index contributed by atoms with van der Waals surface area (Å²) in [6.45, 7) is 1.83. The van der Waals surface area contributed by atoms with E-state index in [1.54, 1.807) is 24.3 Å². The zero-order valence-electron chi connectivity index (χ0n) is 16.1. The highest BCUT2D eigenvalue weighted by Crippen LogP contribution is 2.37. The number of hydrogen-bond acceptors (Lipinski definition) is 3. The number of urea groups is 1. The molecule has 1 saturated carbocycles. The molecule has 2 aromatic carbocycles. The number of amides is 2. The molecule has 0 atom stereocenters. The van der Waals surface area contributed by atoms with Gasteiger partial charge in [-0.05, 0) is 49.6 Å². The fourth-order valence-electron chi connectivity index (χ4n) is 3.56. The highest BCUT2D eigenvalue weighted by Gasteiger charge is 2.40. The van der Waals surface area contributed by atoms with Crippen molar-refractivity contribution in [2.45, 2.75) is 37.9 Å². The molecule has 1 aliphatic carbocycles. The van der Waals surface area contributed by atoms with Crippen LogP contribution < -0.4 is 10.6 Å². The van der Waals surface area contributed by atoms with Crippen molar-refractivity contribution < 1.29 is 14.7 Å².